The summed E-state index contributed by atoms with van der Waals surface area (Å²) in [6, 6.07) is 0. The van der Waals surface area contributed by atoms with Crippen LogP contribution in [-0.2, 0) is 14.3 Å². The van der Waals surface area contributed by atoms with Crippen LogP contribution in [0.2, 0.25) is 0 Å². The lowest BCUT2D eigenvalue weighted by atomic mass is 9.90. The summed E-state index contributed by atoms with van der Waals surface area (Å²) >= 11 is 0. The van der Waals surface area contributed by atoms with Gasteiger partial charge < -0.3 is 4.74 Å². The molecule has 0 N–H and O–H groups in total. The Morgan fingerprint density at radius 3 is 2.33 bits per heavy atom. The highest BCUT2D eigenvalue weighted by Crippen LogP contribution is 2.22. The molecule has 0 aromatic rings. The van der Waals surface area contributed by atoms with Crippen LogP contribution in [0.3, 0.4) is 0 Å². The van der Waals surface area contributed by atoms with Gasteiger partial charge in [-0.15, -0.1) is 13.2 Å². The molecule has 0 bridgehead atoms. The van der Waals surface area contributed by atoms with Gasteiger partial charge in [0.05, 0.1) is 5.41 Å². The first kappa shape index (κ1) is 13.6. The van der Waals surface area contributed by atoms with Crippen LogP contribution < -0.4 is 0 Å². The monoisotopic (exact) mass is 210 g/mol. The van der Waals surface area contributed by atoms with Crippen molar-refractivity contribution in [3.05, 3.63) is 25.3 Å². The van der Waals surface area contributed by atoms with Gasteiger partial charge in [0.15, 0.2) is 0 Å². The van der Waals surface area contributed by atoms with E-state index in [0.717, 1.165) is 0 Å². The molecule has 0 amide bonds. The van der Waals surface area contributed by atoms with E-state index in [-0.39, 0.29) is 6.42 Å². The third-order valence-corrected chi connectivity index (χ3v) is 1.97. The zero-order chi connectivity index (χ0) is 11.9. The molecule has 0 radical (unpaired) electrons. The van der Waals surface area contributed by atoms with Crippen LogP contribution in [0.15, 0.2) is 25.3 Å². The molecule has 0 fully saturated rings. The molecule has 3 heteroatoms. The summed E-state index contributed by atoms with van der Waals surface area (Å²) in [6.45, 7) is 10.5. The second kappa shape index (κ2) is 6.17. The molecular weight excluding hydrogens is 192 g/mol. The predicted octanol–water partition coefficient (Wildman–Crippen LogP) is 2.62. The first-order valence-corrected chi connectivity index (χ1v) is 4.91. The standard InChI is InChI=1S/C12H18O3/c1-5-7-8-10(13)15-11(14)12(3,4)9-6-2/h5-6H,1-2,7-9H2,3-4H3. The van der Waals surface area contributed by atoms with E-state index in [9.17, 15) is 9.59 Å². The van der Waals surface area contributed by atoms with E-state index in [0.29, 0.717) is 12.8 Å². The van der Waals surface area contributed by atoms with Crippen molar-refractivity contribution in [1.29, 1.82) is 0 Å². The van der Waals surface area contributed by atoms with Gasteiger partial charge in [0, 0.05) is 6.42 Å². The SMILES string of the molecule is C=CCCC(=O)OC(=O)C(C)(C)CC=C. The van der Waals surface area contributed by atoms with Gasteiger partial charge in [0.1, 0.15) is 0 Å². The summed E-state index contributed by atoms with van der Waals surface area (Å²) in [6.07, 6.45) is 4.45. The van der Waals surface area contributed by atoms with Crippen LogP contribution in [0.5, 0.6) is 0 Å². The van der Waals surface area contributed by atoms with Gasteiger partial charge in [0.2, 0.25) is 0 Å². The number of esters is 2. The largest absolute Gasteiger partial charge is 0.393 e. The van der Waals surface area contributed by atoms with Crippen molar-refractivity contribution in [2.24, 2.45) is 5.41 Å². The molecule has 0 aromatic carbocycles. The molecule has 0 saturated heterocycles. The second-order valence-corrected chi connectivity index (χ2v) is 3.97. The average Bonchev–Trinajstić information content (AvgIpc) is 2.14. The topological polar surface area (TPSA) is 43.4 Å². The number of carbonyl (C=O) groups excluding carboxylic acids is 2. The molecule has 0 spiro atoms. The molecular formula is C12H18O3. The maximum atomic E-state index is 11.5. The van der Waals surface area contributed by atoms with Crippen LogP contribution >= 0.6 is 0 Å². The van der Waals surface area contributed by atoms with E-state index in [1.807, 2.05) is 0 Å². The van der Waals surface area contributed by atoms with E-state index in [1.54, 1.807) is 26.0 Å². The molecule has 0 aliphatic carbocycles. The summed E-state index contributed by atoms with van der Waals surface area (Å²) in [5.74, 6) is -1.01. The van der Waals surface area contributed by atoms with E-state index in [1.165, 1.54) is 0 Å². The van der Waals surface area contributed by atoms with Gasteiger partial charge in [-0.2, -0.15) is 0 Å². The Morgan fingerprint density at radius 2 is 1.87 bits per heavy atom. The summed E-state index contributed by atoms with van der Waals surface area (Å²) in [4.78, 5) is 22.7. The molecule has 84 valence electrons. The molecule has 0 aliphatic rings. The summed E-state index contributed by atoms with van der Waals surface area (Å²) < 4.78 is 4.70. The van der Waals surface area contributed by atoms with Gasteiger partial charge in [-0.3, -0.25) is 9.59 Å². The Morgan fingerprint density at radius 1 is 1.27 bits per heavy atom. The zero-order valence-corrected chi connectivity index (χ0v) is 9.41. The molecule has 15 heavy (non-hydrogen) atoms. The van der Waals surface area contributed by atoms with Gasteiger partial charge >= 0.3 is 11.9 Å². The van der Waals surface area contributed by atoms with E-state index < -0.39 is 17.4 Å². The van der Waals surface area contributed by atoms with Crippen LogP contribution in [0.1, 0.15) is 33.1 Å². The molecule has 0 saturated carbocycles. The normalized spacial score (nSPS) is 10.5. The third kappa shape index (κ3) is 5.15. The van der Waals surface area contributed by atoms with Crippen molar-refractivity contribution in [3.63, 3.8) is 0 Å². The van der Waals surface area contributed by atoms with Crippen LogP contribution in [0.4, 0.5) is 0 Å². The molecule has 0 aromatic heterocycles. The maximum absolute atomic E-state index is 11.5. The fourth-order valence-corrected chi connectivity index (χ4v) is 0.957. The van der Waals surface area contributed by atoms with E-state index >= 15 is 0 Å². The lowest BCUT2D eigenvalue weighted by Gasteiger charge is -2.19. The van der Waals surface area contributed by atoms with Crippen molar-refractivity contribution in [3.8, 4) is 0 Å². The fourth-order valence-electron chi connectivity index (χ4n) is 0.957. The summed E-state index contributed by atoms with van der Waals surface area (Å²) in [7, 11) is 0. The maximum Gasteiger partial charge on any atom is 0.319 e. The minimum Gasteiger partial charge on any atom is -0.393 e. The summed E-state index contributed by atoms with van der Waals surface area (Å²) in [5.41, 5.74) is -0.689. The minimum atomic E-state index is -0.689. The Bertz CT molecular complexity index is 264. The Labute approximate surface area is 90.8 Å². The summed E-state index contributed by atoms with van der Waals surface area (Å²) in [5, 5.41) is 0. The fraction of sp³-hybridized carbons (Fsp3) is 0.500. The van der Waals surface area contributed by atoms with Gasteiger partial charge in [-0.05, 0) is 26.7 Å². The Hall–Kier alpha value is -1.38. The zero-order valence-electron chi connectivity index (χ0n) is 9.41. The molecule has 0 unspecified atom stereocenters. The number of allylic oxidation sites excluding steroid dienone is 2. The number of rotatable bonds is 6. The smallest absolute Gasteiger partial charge is 0.319 e. The van der Waals surface area contributed by atoms with Crippen LogP contribution in [-0.4, -0.2) is 11.9 Å². The number of hydrogen-bond donors (Lipinski definition) is 0. The van der Waals surface area contributed by atoms with Crippen molar-refractivity contribution in [2.75, 3.05) is 0 Å². The Kier molecular flexibility index (Phi) is 5.60. The third-order valence-electron chi connectivity index (χ3n) is 1.97. The minimum absolute atomic E-state index is 0.194. The van der Waals surface area contributed by atoms with Crippen molar-refractivity contribution < 1.29 is 14.3 Å². The average molecular weight is 210 g/mol. The van der Waals surface area contributed by atoms with Crippen LogP contribution in [0.25, 0.3) is 0 Å². The molecule has 3 nitrogen and oxygen atoms in total. The van der Waals surface area contributed by atoms with Gasteiger partial charge in [-0.25, -0.2) is 0 Å². The van der Waals surface area contributed by atoms with E-state index in [2.05, 4.69) is 13.2 Å². The highest BCUT2D eigenvalue weighted by Gasteiger charge is 2.29. The van der Waals surface area contributed by atoms with Crippen molar-refractivity contribution in [1.82, 2.24) is 0 Å². The molecule has 0 atom stereocenters. The lowest BCUT2D eigenvalue weighted by molar-refractivity contribution is -0.166. The molecule has 0 aliphatic heterocycles. The quantitative estimate of drug-likeness (QED) is 0.384. The van der Waals surface area contributed by atoms with Gasteiger partial charge in [-0.1, -0.05) is 12.2 Å². The molecule has 0 heterocycles. The number of hydrogen-bond acceptors (Lipinski definition) is 3. The van der Waals surface area contributed by atoms with Gasteiger partial charge in [0.25, 0.3) is 0 Å². The molecule has 0 rings (SSSR count). The van der Waals surface area contributed by atoms with Crippen molar-refractivity contribution >= 4 is 11.9 Å². The first-order valence-electron chi connectivity index (χ1n) is 4.91. The highest BCUT2D eigenvalue weighted by molar-refractivity contribution is 5.88. The highest BCUT2D eigenvalue weighted by atomic mass is 16.6. The van der Waals surface area contributed by atoms with Crippen molar-refractivity contribution in [2.45, 2.75) is 33.1 Å². The Balaban J connectivity index is 4.17. The number of carbonyl (C=O) groups is 2. The number of ether oxygens (including phenoxy) is 1. The van der Waals surface area contributed by atoms with Crippen LogP contribution in [0, 0.1) is 5.41 Å². The lowest BCUT2D eigenvalue weighted by Crippen LogP contribution is -2.28. The second-order valence-electron chi connectivity index (χ2n) is 3.97. The first-order chi connectivity index (χ1) is 6.94. The van der Waals surface area contributed by atoms with E-state index in [4.69, 9.17) is 4.74 Å². The predicted molar refractivity (Wildman–Crippen MR) is 59.1 cm³/mol.